The molecule has 1 N–H and O–H groups in total. The van der Waals surface area contributed by atoms with Gasteiger partial charge in [-0.1, -0.05) is 30.3 Å². The number of aliphatic imine (C=N–C) groups is 1. The topological polar surface area (TPSA) is 65.2 Å². The van der Waals surface area contributed by atoms with Gasteiger partial charge in [0.1, 0.15) is 5.84 Å². The first kappa shape index (κ1) is 14.1. The molecule has 5 heteroatoms. The van der Waals surface area contributed by atoms with E-state index in [0.717, 1.165) is 27.9 Å². The Hall–Kier alpha value is -2.84. The van der Waals surface area contributed by atoms with Crippen LogP contribution in [0.4, 0.5) is 10.5 Å². The SMILES string of the molecule is N#Cc1ccc(/C=C2\SC(=O)NC2=Nc2ccccc2)cc1. The van der Waals surface area contributed by atoms with Crippen LogP contribution in [0.3, 0.4) is 0 Å². The minimum absolute atomic E-state index is 0.144. The number of carbonyl (C=O) groups excluding carboxylic acids is 1. The van der Waals surface area contributed by atoms with Gasteiger partial charge in [-0.05, 0) is 47.7 Å². The van der Waals surface area contributed by atoms with Crippen LogP contribution in [0.5, 0.6) is 0 Å². The van der Waals surface area contributed by atoms with Crippen LogP contribution in [0.1, 0.15) is 11.1 Å². The Balaban J connectivity index is 1.93. The van der Waals surface area contributed by atoms with Crippen LogP contribution in [-0.2, 0) is 0 Å². The maximum atomic E-state index is 11.6. The van der Waals surface area contributed by atoms with Crippen molar-refractivity contribution in [1.29, 1.82) is 5.26 Å². The highest BCUT2D eigenvalue weighted by Crippen LogP contribution is 2.28. The summed E-state index contributed by atoms with van der Waals surface area (Å²) in [5.41, 5.74) is 2.30. The summed E-state index contributed by atoms with van der Waals surface area (Å²) in [5.74, 6) is 0.547. The number of nitrogens with zero attached hydrogens (tertiary/aromatic N) is 2. The van der Waals surface area contributed by atoms with E-state index in [2.05, 4.69) is 16.4 Å². The molecule has 1 aliphatic rings. The summed E-state index contributed by atoms with van der Waals surface area (Å²) in [6.45, 7) is 0. The number of benzene rings is 2. The van der Waals surface area contributed by atoms with Gasteiger partial charge in [-0.25, -0.2) is 4.99 Å². The first-order chi connectivity index (χ1) is 10.7. The maximum absolute atomic E-state index is 11.6. The number of carbonyl (C=O) groups is 1. The lowest BCUT2D eigenvalue weighted by Crippen LogP contribution is -2.18. The molecular formula is C17H11N3OS. The van der Waals surface area contributed by atoms with Crippen LogP contribution in [-0.4, -0.2) is 11.1 Å². The largest absolute Gasteiger partial charge is 0.300 e. The number of nitrogens with one attached hydrogen (secondary N) is 1. The van der Waals surface area contributed by atoms with E-state index in [-0.39, 0.29) is 5.24 Å². The molecule has 106 valence electrons. The highest BCUT2D eigenvalue weighted by molar-refractivity contribution is 8.18. The molecule has 2 aromatic rings. The molecule has 1 amide bonds. The smallest absolute Gasteiger partial charge is 0.289 e. The predicted molar refractivity (Wildman–Crippen MR) is 88.8 cm³/mol. The summed E-state index contributed by atoms with van der Waals surface area (Å²) < 4.78 is 0. The molecule has 1 fully saturated rings. The fourth-order valence-corrected chi connectivity index (χ4v) is 2.69. The van der Waals surface area contributed by atoms with Gasteiger partial charge < -0.3 is 5.32 Å². The fraction of sp³-hybridized carbons (Fsp3) is 0. The zero-order chi connectivity index (χ0) is 15.4. The molecule has 4 nitrogen and oxygen atoms in total. The molecular weight excluding hydrogens is 294 g/mol. The minimum Gasteiger partial charge on any atom is -0.300 e. The van der Waals surface area contributed by atoms with Crippen molar-refractivity contribution in [2.45, 2.75) is 0 Å². The molecule has 0 spiro atoms. The molecule has 0 bridgehead atoms. The number of rotatable bonds is 2. The lowest BCUT2D eigenvalue weighted by Gasteiger charge is -2.00. The fourth-order valence-electron chi connectivity index (χ4n) is 1.95. The van der Waals surface area contributed by atoms with Gasteiger partial charge in [0.2, 0.25) is 0 Å². The van der Waals surface area contributed by atoms with Crippen LogP contribution in [0.2, 0.25) is 0 Å². The molecule has 0 saturated carbocycles. The van der Waals surface area contributed by atoms with Crippen molar-refractivity contribution >= 4 is 34.6 Å². The maximum Gasteiger partial charge on any atom is 0.289 e. The number of hydrogen-bond acceptors (Lipinski definition) is 4. The van der Waals surface area contributed by atoms with Crippen molar-refractivity contribution in [1.82, 2.24) is 5.32 Å². The number of nitriles is 1. The van der Waals surface area contributed by atoms with E-state index in [1.165, 1.54) is 0 Å². The van der Waals surface area contributed by atoms with Gasteiger partial charge in [0, 0.05) is 0 Å². The molecule has 22 heavy (non-hydrogen) atoms. The standard InChI is InChI=1S/C17H11N3OS/c18-11-13-8-6-12(7-9-13)10-15-16(20-17(21)22-15)19-14-4-2-1-3-5-14/h1-10H,(H,19,20,21)/b15-10-. The van der Waals surface area contributed by atoms with Gasteiger partial charge in [-0.2, -0.15) is 5.26 Å². The van der Waals surface area contributed by atoms with Crippen LogP contribution in [0.25, 0.3) is 6.08 Å². The first-order valence-corrected chi connectivity index (χ1v) is 7.41. The van der Waals surface area contributed by atoms with Crippen LogP contribution >= 0.6 is 11.8 Å². The van der Waals surface area contributed by atoms with Crippen molar-refractivity contribution in [2.75, 3.05) is 0 Å². The van der Waals surface area contributed by atoms with E-state index in [1.807, 2.05) is 48.5 Å². The van der Waals surface area contributed by atoms with Gasteiger partial charge >= 0.3 is 0 Å². The molecule has 0 radical (unpaired) electrons. The van der Waals surface area contributed by atoms with Crippen LogP contribution in [0.15, 0.2) is 64.5 Å². The van der Waals surface area contributed by atoms with E-state index >= 15 is 0 Å². The van der Waals surface area contributed by atoms with E-state index < -0.39 is 0 Å². The molecule has 0 aliphatic carbocycles. The van der Waals surface area contributed by atoms with Gasteiger partial charge in [-0.3, -0.25) is 4.79 Å². The van der Waals surface area contributed by atoms with E-state index in [0.29, 0.717) is 11.4 Å². The first-order valence-electron chi connectivity index (χ1n) is 6.59. The Morgan fingerprint density at radius 2 is 1.82 bits per heavy atom. The number of amidine groups is 1. The Labute approximate surface area is 132 Å². The number of thioether (sulfide) groups is 1. The molecule has 1 heterocycles. The van der Waals surface area contributed by atoms with Crippen molar-refractivity contribution in [2.24, 2.45) is 4.99 Å². The van der Waals surface area contributed by atoms with Crippen LogP contribution in [0, 0.1) is 11.3 Å². The molecule has 0 atom stereocenters. The van der Waals surface area contributed by atoms with Crippen molar-refractivity contribution in [3.05, 3.63) is 70.6 Å². The van der Waals surface area contributed by atoms with Gasteiger partial charge in [0.25, 0.3) is 5.24 Å². The van der Waals surface area contributed by atoms with Crippen LogP contribution < -0.4 is 5.32 Å². The van der Waals surface area contributed by atoms with E-state index in [4.69, 9.17) is 5.26 Å². The lowest BCUT2D eigenvalue weighted by molar-refractivity contribution is 0.265. The van der Waals surface area contributed by atoms with Crippen molar-refractivity contribution in [3.8, 4) is 6.07 Å². The summed E-state index contributed by atoms with van der Waals surface area (Å²) in [6.07, 6.45) is 1.88. The zero-order valence-corrected chi connectivity index (χ0v) is 12.3. The molecule has 0 aromatic heterocycles. The van der Waals surface area contributed by atoms with Gasteiger partial charge in [-0.15, -0.1) is 0 Å². The molecule has 1 saturated heterocycles. The Morgan fingerprint density at radius 3 is 2.50 bits per heavy atom. The third kappa shape index (κ3) is 3.25. The quantitative estimate of drug-likeness (QED) is 0.909. The Kier molecular flexibility index (Phi) is 4.03. The Bertz CT molecular complexity index is 802. The van der Waals surface area contributed by atoms with Gasteiger partial charge in [0.15, 0.2) is 0 Å². The molecule has 3 rings (SSSR count). The summed E-state index contributed by atoms with van der Waals surface area (Å²) in [7, 11) is 0. The summed E-state index contributed by atoms with van der Waals surface area (Å²) in [5, 5.41) is 11.4. The highest BCUT2D eigenvalue weighted by Gasteiger charge is 2.23. The summed E-state index contributed by atoms with van der Waals surface area (Å²) in [6, 6.07) is 18.7. The zero-order valence-electron chi connectivity index (χ0n) is 11.5. The lowest BCUT2D eigenvalue weighted by atomic mass is 10.1. The number of para-hydroxylation sites is 1. The minimum atomic E-state index is -0.144. The second kappa shape index (κ2) is 6.29. The molecule has 2 aromatic carbocycles. The monoisotopic (exact) mass is 305 g/mol. The molecule has 0 unspecified atom stereocenters. The second-order valence-corrected chi connectivity index (χ2v) is 5.57. The Morgan fingerprint density at radius 1 is 1.09 bits per heavy atom. The second-order valence-electron chi connectivity index (χ2n) is 4.55. The average Bonchev–Trinajstić information content (AvgIpc) is 2.88. The normalized spacial score (nSPS) is 17.5. The number of hydrogen-bond donors (Lipinski definition) is 1. The number of amides is 1. The predicted octanol–water partition coefficient (Wildman–Crippen LogP) is 4.09. The summed E-state index contributed by atoms with van der Waals surface area (Å²) in [4.78, 5) is 16.9. The third-order valence-corrected chi connectivity index (χ3v) is 3.81. The van der Waals surface area contributed by atoms with Gasteiger partial charge in [0.05, 0.1) is 22.2 Å². The summed E-state index contributed by atoms with van der Waals surface area (Å²) >= 11 is 1.11. The van der Waals surface area contributed by atoms with E-state index in [9.17, 15) is 4.79 Å². The molecule has 1 aliphatic heterocycles. The van der Waals surface area contributed by atoms with E-state index in [1.54, 1.807) is 12.1 Å². The van der Waals surface area contributed by atoms with Crippen molar-refractivity contribution < 1.29 is 4.79 Å². The van der Waals surface area contributed by atoms with Crippen molar-refractivity contribution in [3.63, 3.8) is 0 Å². The average molecular weight is 305 g/mol. The third-order valence-electron chi connectivity index (χ3n) is 2.99. The highest BCUT2D eigenvalue weighted by atomic mass is 32.2.